The van der Waals surface area contributed by atoms with Crippen LogP contribution in [0.25, 0.3) is 21.6 Å². The summed E-state index contributed by atoms with van der Waals surface area (Å²) in [6.07, 6.45) is -3.70. The van der Waals surface area contributed by atoms with Crippen LogP contribution < -0.4 is 4.90 Å². The molecular weight excluding hydrogens is 420 g/mol. The topological polar surface area (TPSA) is 51.1 Å². The molecular formula is C17H13ClF4N4OS. The van der Waals surface area contributed by atoms with Gasteiger partial charge in [0.15, 0.2) is 10.8 Å². The maximum absolute atomic E-state index is 14.5. The Morgan fingerprint density at radius 3 is 2.68 bits per heavy atom. The molecule has 148 valence electrons. The van der Waals surface area contributed by atoms with Crippen molar-refractivity contribution < 1.29 is 22.3 Å². The Morgan fingerprint density at radius 2 is 2.04 bits per heavy atom. The Kier molecular flexibility index (Phi) is 4.88. The summed E-state index contributed by atoms with van der Waals surface area (Å²) >= 11 is 7.19. The SMILES string of the molecule is CO[C@@H]1CCN(c2nc3nc(Cl)nc(-c4ccc(C(F)(F)F)cc4F)c3s2)C1. The molecule has 1 aromatic carbocycles. The number of thiazole rings is 1. The average molecular weight is 433 g/mol. The number of nitrogens with zero attached hydrogens (tertiary/aromatic N) is 4. The lowest BCUT2D eigenvalue weighted by Gasteiger charge is -2.13. The van der Waals surface area contributed by atoms with Crippen molar-refractivity contribution in [3.63, 3.8) is 0 Å². The second kappa shape index (κ2) is 7.09. The lowest BCUT2D eigenvalue weighted by Crippen LogP contribution is -2.21. The highest BCUT2D eigenvalue weighted by molar-refractivity contribution is 7.22. The van der Waals surface area contributed by atoms with Crippen LogP contribution in [0.2, 0.25) is 5.28 Å². The molecule has 4 rings (SSSR count). The zero-order valence-electron chi connectivity index (χ0n) is 14.4. The molecule has 0 unspecified atom stereocenters. The fraction of sp³-hybridized carbons (Fsp3) is 0.353. The molecule has 0 radical (unpaired) electrons. The van der Waals surface area contributed by atoms with Gasteiger partial charge in [-0.2, -0.15) is 23.1 Å². The summed E-state index contributed by atoms with van der Waals surface area (Å²) < 4.78 is 58.7. The summed E-state index contributed by atoms with van der Waals surface area (Å²) in [6, 6.07) is 2.31. The van der Waals surface area contributed by atoms with Crippen LogP contribution in [0.4, 0.5) is 22.7 Å². The Balaban J connectivity index is 1.79. The smallest absolute Gasteiger partial charge is 0.380 e. The molecule has 0 saturated carbocycles. The van der Waals surface area contributed by atoms with Crippen molar-refractivity contribution in [2.24, 2.45) is 0 Å². The quantitative estimate of drug-likeness (QED) is 0.440. The van der Waals surface area contributed by atoms with Crippen molar-refractivity contribution in [2.75, 3.05) is 25.1 Å². The van der Waals surface area contributed by atoms with E-state index < -0.39 is 17.6 Å². The molecule has 1 aliphatic heterocycles. The molecule has 3 heterocycles. The van der Waals surface area contributed by atoms with E-state index in [0.29, 0.717) is 22.4 Å². The normalized spacial score (nSPS) is 17.6. The average Bonchev–Trinajstić information content (AvgIpc) is 3.26. The Labute approximate surface area is 165 Å². The first-order chi connectivity index (χ1) is 13.3. The number of rotatable bonds is 3. The molecule has 2 aromatic heterocycles. The molecule has 5 nitrogen and oxygen atoms in total. The minimum atomic E-state index is -4.64. The molecule has 0 amide bonds. The minimum absolute atomic E-state index is 0.0892. The lowest BCUT2D eigenvalue weighted by molar-refractivity contribution is -0.137. The predicted molar refractivity (Wildman–Crippen MR) is 98.2 cm³/mol. The van der Waals surface area contributed by atoms with Crippen molar-refractivity contribution in [1.82, 2.24) is 15.0 Å². The van der Waals surface area contributed by atoms with Crippen LogP contribution in [0.5, 0.6) is 0 Å². The van der Waals surface area contributed by atoms with Crippen LogP contribution >= 0.6 is 22.9 Å². The minimum Gasteiger partial charge on any atom is -0.380 e. The molecule has 1 atom stereocenters. The van der Waals surface area contributed by atoms with E-state index in [2.05, 4.69) is 15.0 Å². The largest absolute Gasteiger partial charge is 0.416 e. The third kappa shape index (κ3) is 3.51. The second-order valence-corrected chi connectivity index (χ2v) is 7.59. The molecule has 0 bridgehead atoms. The van der Waals surface area contributed by atoms with Crippen LogP contribution in [0.15, 0.2) is 18.2 Å². The standard InChI is InChI=1S/C17H13ClF4N4OS/c1-27-9-4-5-26(7-9)16-25-14-13(28-16)12(23-15(18)24-14)10-3-2-8(6-11(10)19)17(20,21)22/h2-3,6,9H,4-5,7H2,1H3/t9-/m1/s1. The van der Waals surface area contributed by atoms with Gasteiger partial charge in [0.1, 0.15) is 10.5 Å². The van der Waals surface area contributed by atoms with Crippen molar-refractivity contribution in [3.8, 4) is 11.3 Å². The number of hydrogen-bond acceptors (Lipinski definition) is 6. The summed E-state index contributed by atoms with van der Waals surface area (Å²) in [5.74, 6) is -1.04. The summed E-state index contributed by atoms with van der Waals surface area (Å²) in [5, 5.41) is 0.495. The number of ether oxygens (including phenoxy) is 1. The Hall–Kier alpha value is -2.04. The van der Waals surface area contributed by atoms with Gasteiger partial charge in [0, 0.05) is 25.8 Å². The number of methoxy groups -OCH3 is 1. The summed E-state index contributed by atoms with van der Waals surface area (Å²) in [4.78, 5) is 14.6. The van der Waals surface area contributed by atoms with Gasteiger partial charge in [-0.3, -0.25) is 0 Å². The van der Waals surface area contributed by atoms with Crippen molar-refractivity contribution in [1.29, 1.82) is 0 Å². The van der Waals surface area contributed by atoms with E-state index in [0.717, 1.165) is 25.1 Å². The third-order valence-electron chi connectivity index (χ3n) is 4.52. The van der Waals surface area contributed by atoms with E-state index in [1.54, 1.807) is 7.11 Å². The number of anilines is 1. The first-order valence-electron chi connectivity index (χ1n) is 8.25. The highest BCUT2D eigenvalue weighted by atomic mass is 35.5. The molecule has 3 aromatic rings. The second-order valence-electron chi connectivity index (χ2n) is 6.28. The molecule has 0 aliphatic carbocycles. The fourth-order valence-electron chi connectivity index (χ4n) is 3.08. The van der Waals surface area contributed by atoms with Crippen molar-refractivity contribution in [2.45, 2.75) is 18.7 Å². The van der Waals surface area contributed by atoms with Gasteiger partial charge in [0.2, 0.25) is 5.28 Å². The van der Waals surface area contributed by atoms with Gasteiger partial charge in [0.05, 0.1) is 17.4 Å². The number of benzene rings is 1. The van der Waals surface area contributed by atoms with Gasteiger partial charge < -0.3 is 9.64 Å². The highest BCUT2D eigenvalue weighted by Crippen LogP contribution is 2.39. The van der Waals surface area contributed by atoms with E-state index in [1.807, 2.05) is 4.90 Å². The number of alkyl halides is 3. The van der Waals surface area contributed by atoms with Crippen LogP contribution in [0.3, 0.4) is 0 Å². The van der Waals surface area contributed by atoms with Gasteiger partial charge in [-0.25, -0.2) is 9.37 Å². The van der Waals surface area contributed by atoms with Gasteiger partial charge >= 0.3 is 6.18 Å². The third-order valence-corrected chi connectivity index (χ3v) is 5.80. The summed E-state index contributed by atoms with van der Waals surface area (Å²) in [7, 11) is 1.64. The maximum Gasteiger partial charge on any atom is 0.416 e. The Bertz CT molecular complexity index is 1040. The zero-order valence-corrected chi connectivity index (χ0v) is 16.0. The molecule has 0 spiro atoms. The van der Waals surface area contributed by atoms with Crippen molar-refractivity contribution in [3.05, 3.63) is 34.9 Å². The van der Waals surface area contributed by atoms with E-state index in [1.165, 1.54) is 11.3 Å². The molecule has 28 heavy (non-hydrogen) atoms. The number of fused-ring (bicyclic) bond motifs is 1. The first-order valence-corrected chi connectivity index (χ1v) is 9.44. The predicted octanol–water partition coefficient (Wildman–Crippen LogP) is 4.79. The fourth-order valence-corrected chi connectivity index (χ4v) is 4.29. The zero-order chi connectivity index (χ0) is 20.1. The molecule has 0 N–H and O–H groups in total. The van der Waals surface area contributed by atoms with Gasteiger partial charge in [-0.1, -0.05) is 11.3 Å². The Morgan fingerprint density at radius 1 is 1.25 bits per heavy atom. The van der Waals surface area contributed by atoms with Gasteiger partial charge in [-0.15, -0.1) is 0 Å². The maximum atomic E-state index is 14.5. The van der Waals surface area contributed by atoms with Gasteiger partial charge in [-0.05, 0) is 36.2 Å². The van der Waals surface area contributed by atoms with E-state index >= 15 is 0 Å². The van der Waals surface area contributed by atoms with Crippen LogP contribution in [0.1, 0.15) is 12.0 Å². The first kappa shape index (κ1) is 19.3. The monoisotopic (exact) mass is 432 g/mol. The molecule has 1 aliphatic rings. The van der Waals surface area contributed by atoms with E-state index in [4.69, 9.17) is 16.3 Å². The van der Waals surface area contributed by atoms with E-state index in [9.17, 15) is 17.6 Å². The van der Waals surface area contributed by atoms with Crippen LogP contribution in [-0.4, -0.2) is 41.3 Å². The molecule has 11 heteroatoms. The summed E-state index contributed by atoms with van der Waals surface area (Å²) in [5.41, 5.74) is -0.769. The molecule has 1 saturated heterocycles. The highest BCUT2D eigenvalue weighted by Gasteiger charge is 2.32. The van der Waals surface area contributed by atoms with Gasteiger partial charge in [0.25, 0.3) is 0 Å². The van der Waals surface area contributed by atoms with E-state index in [-0.39, 0.29) is 28.3 Å². The summed E-state index contributed by atoms with van der Waals surface area (Å²) in [6.45, 7) is 1.39. The molecule has 1 fully saturated rings. The lowest BCUT2D eigenvalue weighted by atomic mass is 10.1. The van der Waals surface area contributed by atoms with Crippen molar-refractivity contribution >= 4 is 38.4 Å². The number of halogens is 5. The number of hydrogen-bond donors (Lipinski definition) is 0. The van der Waals surface area contributed by atoms with Crippen LogP contribution in [0, 0.1) is 5.82 Å². The number of aromatic nitrogens is 3. The van der Waals surface area contributed by atoms with Crippen LogP contribution in [-0.2, 0) is 10.9 Å².